The van der Waals surface area contributed by atoms with Crippen LogP contribution in [0.3, 0.4) is 0 Å². The van der Waals surface area contributed by atoms with Crippen molar-refractivity contribution < 1.29 is 31.9 Å². The molecule has 0 radical (unpaired) electrons. The summed E-state index contributed by atoms with van der Waals surface area (Å²) in [4.78, 5) is 26.1. The van der Waals surface area contributed by atoms with E-state index in [1.165, 1.54) is 37.0 Å². The van der Waals surface area contributed by atoms with Crippen molar-refractivity contribution in [2.24, 2.45) is 5.92 Å². The van der Waals surface area contributed by atoms with Crippen LogP contribution in [0, 0.1) is 11.7 Å². The molecule has 0 aliphatic carbocycles. The molecular weight excluding hydrogens is 426 g/mol. The topological polar surface area (TPSA) is 46.6 Å². The molecule has 4 nitrogen and oxygen atoms in total. The number of ether oxygens (including phenoxy) is 1. The Morgan fingerprint density at radius 3 is 2.19 bits per heavy atom. The first-order valence-corrected chi connectivity index (χ1v) is 11.6. The number of unbranched alkanes of at least 4 members (excludes halogenated alkanes) is 7. The minimum atomic E-state index is -4.87. The second-order valence-electron chi connectivity index (χ2n) is 8.37. The molecule has 32 heavy (non-hydrogen) atoms. The van der Waals surface area contributed by atoms with E-state index in [1.807, 2.05) is 0 Å². The number of halogens is 4. The van der Waals surface area contributed by atoms with Gasteiger partial charge in [-0.25, -0.2) is 4.39 Å². The van der Waals surface area contributed by atoms with Crippen molar-refractivity contribution in [2.75, 3.05) is 19.7 Å². The normalized spacial score (nSPS) is 15.1. The lowest BCUT2D eigenvalue weighted by molar-refractivity contribution is -0.150. The van der Waals surface area contributed by atoms with Crippen molar-refractivity contribution in [3.05, 3.63) is 35.1 Å². The molecule has 1 aromatic rings. The maximum Gasteiger partial charge on any atom is 0.419 e. The average Bonchev–Trinajstić information content (AvgIpc) is 2.77. The first-order valence-electron chi connectivity index (χ1n) is 11.6. The van der Waals surface area contributed by atoms with Crippen LogP contribution in [0.25, 0.3) is 0 Å². The molecule has 0 N–H and O–H groups in total. The first kappa shape index (κ1) is 26.1. The van der Waals surface area contributed by atoms with Crippen molar-refractivity contribution in [1.82, 2.24) is 4.90 Å². The van der Waals surface area contributed by atoms with Gasteiger partial charge in [-0.2, -0.15) is 13.2 Å². The molecule has 0 atom stereocenters. The third kappa shape index (κ3) is 7.78. The van der Waals surface area contributed by atoms with Crippen LogP contribution in [0.4, 0.5) is 17.6 Å². The van der Waals surface area contributed by atoms with Gasteiger partial charge in [0.15, 0.2) is 0 Å². The number of esters is 1. The summed E-state index contributed by atoms with van der Waals surface area (Å²) in [6.07, 6.45) is 5.03. The largest absolute Gasteiger partial charge is 0.465 e. The Bertz CT molecular complexity index is 743. The van der Waals surface area contributed by atoms with Crippen molar-refractivity contribution in [2.45, 2.75) is 77.3 Å². The summed E-state index contributed by atoms with van der Waals surface area (Å²) in [5.41, 5.74) is -2.06. The number of alkyl halides is 3. The molecule has 1 fully saturated rings. The van der Waals surface area contributed by atoms with Gasteiger partial charge >= 0.3 is 12.1 Å². The summed E-state index contributed by atoms with van der Waals surface area (Å²) >= 11 is 0. The van der Waals surface area contributed by atoms with E-state index in [0.717, 1.165) is 31.4 Å². The Morgan fingerprint density at radius 2 is 1.59 bits per heavy atom. The lowest BCUT2D eigenvalue weighted by Crippen LogP contribution is -2.41. The third-order valence-electron chi connectivity index (χ3n) is 5.89. The molecule has 1 amide bonds. The van der Waals surface area contributed by atoms with Crippen molar-refractivity contribution in [3.63, 3.8) is 0 Å². The maximum absolute atomic E-state index is 14.2. The number of hydrogen-bond donors (Lipinski definition) is 0. The average molecular weight is 460 g/mol. The quantitative estimate of drug-likeness (QED) is 0.219. The van der Waals surface area contributed by atoms with Gasteiger partial charge in [-0.1, -0.05) is 57.9 Å². The van der Waals surface area contributed by atoms with Crippen LogP contribution in [-0.2, 0) is 15.7 Å². The highest BCUT2D eigenvalue weighted by Crippen LogP contribution is 2.33. The fraction of sp³-hybridized carbons (Fsp3) is 0.667. The number of carbonyl (C=O) groups is 2. The van der Waals surface area contributed by atoms with Crippen LogP contribution in [0.5, 0.6) is 0 Å². The molecule has 0 spiro atoms. The van der Waals surface area contributed by atoms with Gasteiger partial charge in [0.05, 0.1) is 23.7 Å². The third-order valence-corrected chi connectivity index (χ3v) is 5.89. The second-order valence-corrected chi connectivity index (χ2v) is 8.37. The SMILES string of the molecule is CCCCCCCCCCOC(=O)C1CCN(C(=O)c2cccc(C(F)(F)F)c2F)CC1. The van der Waals surface area contributed by atoms with Gasteiger partial charge in [0.25, 0.3) is 5.91 Å². The van der Waals surface area contributed by atoms with Gasteiger partial charge < -0.3 is 9.64 Å². The van der Waals surface area contributed by atoms with E-state index < -0.39 is 29.0 Å². The van der Waals surface area contributed by atoms with Gasteiger partial charge in [-0.05, 0) is 31.4 Å². The van der Waals surface area contributed by atoms with E-state index in [9.17, 15) is 27.2 Å². The minimum Gasteiger partial charge on any atom is -0.465 e. The van der Waals surface area contributed by atoms with E-state index >= 15 is 0 Å². The molecule has 1 heterocycles. The fourth-order valence-electron chi connectivity index (χ4n) is 3.93. The van der Waals surface area contributed by atoms with Crippen molar-refractivity contribution in [1.29, 1.82) is 0 Å². The highest BCUT2D eigenvalue weighted by Gasteiger charge is 2.37. The Kier molecular flexibility index (Phi) is 10.5. The molecule has 2 rings (SSSR count). The molecular formula is C24H33F4NO3. The number of hydrogen-bond acceptors (Lipinski definition) is 3. The zero-order valence-corrected chi connectivity index (χ0v) is 18.7. The molecule has 1 aromatic carbocycles. The van der Waals surface area contributed by atoms with E-state index in [4.69, 9.17) is 4.74 Å². The monoisotopic (exact) mass is 459 g/mol. The molecule has 180 valence electrons. The predicted octanol–water partition coefficient (Wildman–Crippen LogP) is 6.38. The van der Waals surface area contributed by atoms with Gasteiger partial charge in [0.2, 0.25) is 0 Å². The smallest absolute Gasteiger partial charge is 0.419 e. The van der Waals surface area contributed by atoms with Gasteiger partial charge in [0.1, 0.15) is 5.82 Å². The number of amides is 1. The summed E-state index contributed by atoms with van der Waals surface area (Å²) in [6.45, 7) is 2.91. The van der Waals surface area contributed by atoms with Crippen LogP contribution in [-0.4, -0.2) is 36.5 Å². The van der Waals surface area contributed by atoms with Crippen LogP contribution >= 0.6 is 0 Å². The summed E-state index contributed by atoms with van der Waals surface area (Å²) in [5.74, 6) is -3.00. The summed E-state index contributed by atoms with van der Waals surface area (Å²) in [6, 6.07) is 2.69. The van der Waals surface area contributed by atoms with Crippen molar-refractivity contribution >= 4 is 11.9 Å². The van der Waals surface area contributed by atoms with Gasteiger partial charge in [-0.3, -0.25) is 9.59 Å². The summed E-state index contributed by atoms with van der Waals surface area (Å²) in [5, 5.41) is 0. The molecule has 0 bridgehead atoms. The minimum absolute atomic E-state index is 0.173. The zero-order valence-electron chi connectivity index (χ0n) is 18.7. The number of likely N-dealkylation sites (tertiary alicyclic amines) is 1. The number of carbonyl (C=O) groups excluding carboxylic acids is 2. The van der Waals surface area contributed by atoms with E-state index in [-0.39, 0.29) is 25.0 Å². The molecule has 0 saturated carbocycles. The number of rotatable bonds is 11. The molecule has 1 aliphatic rings. The number of nitrogens with zero attached hydrogens (tertiary/aromatic N) is 1. The Morgan fingerprint density at radius 1 is 1.00 bits per heavy atom. The lowest BCUT2D eigenvalue weighted by atomic mass is 9.96. The Labute approximate surface area is 187 Å². The molecule has 0 unspecified atom stereocenters. The Balaban J connectivity index is 1.72. The fourth-order valence-corrected chi connectivity index (χ4v) is 3.93. The van der Waals surface area contributed by atoms with Crippen LogP contribution in [0.2, 0.25) is 0 Å². The lowest BCUT2D eigenvalue weighted by Gasteiger charge is -2.31. The maximum atomic E-state index is 14.2. The highest BCUT2D eigenvalue weighted by atomic mass is 19.4. The van der Waals surface area contributed by atoms with Crippen LogP contribution in [0.15, 0.2) is 18.2 Å². The standard InChI is InChI=1S/C24H33F4NO3/c1-2-3-4-5-6-7-8-9-17-32-23(31)18-13-15-29(16-14-18)22(30)19-11-10-12-20(21(19)25)24(26,27)28/h10-12,18H,2-9,13-17H2,1H3. The van der Waals surface area contributed by atoms with E-state index in [0.29, 0.717) is 25.5 Å². The highest BCUT2D eigenvalue weighted by molar-refractivity contribution is 5.95. The van der Waals surface area contributed by atoms with E-state index in [1.54, 1.807) is 0 Å². The molecule has 0 aromatic heterocycles. The Hall–Kier alpha value is -2.12. The number of piperidine rings is 1. The first-order chi connectivity index (χ1) is 15.3. The van der Waals surface area contributed by atoms with Crippen molar-refractivity contribution in [3.8, 4) is 0 Å². The molecule has 8 heteroatoms. The summed E-state index contributed by atoms with van der Waals surface area (Å²) < 4.78 is 58.3. The van der Waals surface area contributed by atoms with Gasteiger partial charge in [-0.15, -0.1) is 0 Å². The van der Waals surface area contributed by atoms with E-state index in [2.05, 4.69) is 6.92 Å². The van der Waals surface area contributed by atoms with Gasteiger partial charge in [0, 0.05) is 13.1 Å². The summed E-state index contributed by atoms with van der Waals surface area (Å²) in [7, 11) is 0. The zero-order chi connectivity index (χ0) is 23.6. The number of benzene rings is 1. The van der Waals surface area contributed by atoms with Crippen LogP contribution in [0.1, 0.15) is 87.1 Å². The molecule has 1 aliphatic heterocycles. The second kappa shape index (κ2) is 12.8. The predicted molar refractivity (Wildman–Crippen MR) is 114 cm³/mol. The van der Waals surface area contributed by atoms with Crippen LogP contribution < -0.4 is 0 Å². The molecule has 1 saturated heterocycles.